The van der Waals surface area contributed by atoms with Crippen LogP contribution in [0, 0.1) is 13.8 Å². The van der Waals surface area contributed by atoms with Gasteiger partial charge in [-0.1, -0.05) is 43.0 Å². The first-order valence-corrected chi connectivity index (χ1v) is 15.0. The Hall–Kier alpha value is -4.63. The summed E-state index contributed by atoms with van der Waals surface area (Å²) in [5.74, 6) is -0.270. The largest absolute Gasteiger partial charge is 0.507 e. The van der Waals surface area contributed by atoms with E-state index in [1.54, 1.807) is 48.5 Å². The maximum atomic E-state index is 13.8. The molecular weight excluding hydrogens is 564 g/mol. The second kappa shape index (κ2) is 12.7. The van der Waals surface area contributed by atoms with Gasteiger partial charge in [0, 0.05) is 5.56 Å². The number of hydrogen-bond donors (Lipinski definition) is 1. The number of aromatic nitrogens is 1. The Kier molecular flexibility index (Phi) is 8.82. The molecule has 0 bridgehead atoms. The fourth-order valence-electron chi connectivity index (χ4n) is 5.12. The van der Waals surface area contributed by atoms with Crippen LogP contribution in [0.25, 0.3) is 16.0 Å². The molecule has 4 aromatic rings. The van der Waals surface area contributed by atoms with Crippen molar-refractivity contribution in [2.24, 2.45) is 0 Å². The van der Waals surface area contributed by atoms with Crippen molar-refractivity contribution in [3.05, 3.63) is 95.1 Å². The van der Waals surface area contributed by atoms with Crippen LogP contribution in [-0.2, 0) is 9.59 Å². The van der Waals surface area contributed by atoms with E-state index in [1.165, 1.54) is 16.2 Å². The van der Waals surface area contributed by atoms with Gasteiger partial charge in [-0.3, -0.25) is 14.5 Å². The second-order valence-electron chi connectivity index (χ2n) is 10.2. The minimum absolute atomic E-state index is 0.0402. The molecule has 5 rings (SSSR count). The minimum Gasteiger partial charge on any atom is -0.507 e. The fourth-order valence-corrected chi connectivity index (χ4v) is 6.29. The number of ketones is 1. The normalized spacial score (nSPS) is 16.1. The number of aryl methyl sites for hydroxylation is 2. The lowest BCUT2D eigenvalue weighted by atomic mass is 9.95. The molecule has 1 unspecified atom stereocenters. The van der Waals surface area contributed by atoms with Crippen molar-refractivity contribution < 1.29 is 28.9 Å². The first kappa shape index (κ1) is 29.8. The van der Waals surface area contributed by atoms with Crippen LogP contribution in [0.5, 0.6) is 17.2 Å². The van der Waals surface area contributed by atoms with Crippen molar-refractivity contribution in [1.82, 2.24) is 4.98 Å². The zero-order valence-corrected chi connectivity index (χ0v) is 25.5. The van der Waals surface area contributed by atoms with Crippen molar-refractivity contribution in [3.63, 3.8) is 0 Å². The van der Waals surface area contributed by atoms with Crippen LogP contribution in [0.2, 0.25) is 0 Å². The van der Waals surface area contributed by atoms with Gasteiger partial charge in [-0.25, -0.2) is 4.98 Å². The van der Waals surface area contributed by atoms with Crippen LogP contribution in [-0.4, -0.2) is 41.6 Å². The van der Waals surface area contributed by atoms with Gasteiger partial charge >= 0.3 is 5.91 Å². The Morgan fingerprint density at radius 2 is 1.79 bits per heavy atom. The molecule has 1 atom stereocenters. The molecule has 0 saturated carbocycles. The highest BCUT2D eigenvalue weighted by molar-refractivity contribution is 7.22. The van der Waals surface area contributed by atoms with Gasteiger partial charge in [0.15, 0.2) is 16.6 Å². The van der Waals surface area contributed by atoms with Crippen LogP contribution >= 0.6 is 11.3 Å². The highest BCUT2D eigenvalue weighted by Crippen LogP contribution is 2.46. The highest BCUT2D eigenvalue weighted by atomic mass is 32.1. The first-order chi connectivity index (χ1) is 20.8. The van der Waals surface area contributed by atoms with Gasteiger partial charge in [0.1, 0.15) is 18.1 Å². The molecule has 1 N–H and O–H groups in total. The minimum atomic E-state index is -0.967. The van der Waals surface area contributed by atoms with Crippen molar-refractivity contribution in [2.75, 3.05) is 24.7 Å². The molecule has 8 nitrogen and oxygen atoms in total. The van der Waals surface area contributed by atoms with Crippen molar-refractivity contribution in [3.8, 4) is 17.2 Å². The summed E-state index contributed by atoms with van der Waals surface area (Å²) in [7, 11) is 0. The van der Waals surface area contributed by atoms with E-state index >= 15 is 0 Å². The molecule has 1 aromatic heterocycles. The molecule has 0 radical (unpaired) electrons. The number of carbonyl (C=O) groups is 2. The number of fused-ring (bicyclic) bond motifs is 1. The summed E-state index contributed by atoms with van der Waals surface area (Å²) in [5, 5.41) is 12.0. The Morgan fingerprint density at radius 3 is 2.49 bits per heavy atom. The second-order valence-corrected chi connectivity index (χ2v) is 11.2. The lowest BCUT2D eigenvalue weighted by molar-refractivity contribution is -0.132. The van der Waals surface area contributed by atoms with Crippen LogP contribution < -0.4 is 19.1 Å². The standard InChI is InChI=1S/C34H34N2O6S/c1-6-15-41-24-12-9-22(10-13-24)31(37)28-30(23-11-14-25(42-16-7-2)26(19-23)40-8-3)36(33(39)32(28)38)34-35-29-21(5)17-20(4)18-27(29)43-34/h7,9-14,17-19,30,37H,2,6,8,15-16H2,1,3-5H3/b31-28+. The maximum Gasteiger partial charge on any atom is 0.301 e. The summed E-state index contributed by atoms with van der Waals surface area (Å²) in [6, 6.07) is 15.1. The molecule has 1 amide bonds. The van der Waals surface area contributed by atoms with Crippen LogP contribution in [0.15, 0.2) is 72.8 Å². The predicted molar refractivity (Wildman–Crippen MR) is 169 cm³/mol. The van der Waals surface area contributed by atoms with E-state index in [4.69, 9.17) is 19.2 Å². The van der Waals surface area contributed by atoms with Gasteiger partial charge in [0.05, 0.1) is 35.0 Å². The number of aliphatic hydroxyl groups is 1. The van der Waals surface area contributed by atoms with Gasteiger partial charge in [-0.15, -0.1) is 0 Å². The average molecular weight is 599 g/mol. The summed E-state index contributed by atoms with van der Waals surface area (Å²) in [5.41, 5.74) is 3.71. The van der Waals surface area contributed by atoms with Crippen LogP contribution in [0.4, 0.5) is 5.13 Å². The molecule has 1 aliphatic rings. The number of hydrogen-bond acceptors (Lipinski definition) is 8. The number of amides is 1. The first-order valence-electron chi connectivity index (χ1n) is 14.2. The predicted octanol–water partition coefficient (Wildman–Crippen LogP) is 7.29. The molecule has 43 heavy (non-hydrogen) atoms. The highest BCUT2D eigenvalue weighted by Gasteiger charge is 2.48. The molecule has 0 spiro atoms. The Balaban J connectivity index is 1.69. The Labute approximate surface area is 254 Å². The maximum absolute atomic E-state index is 13.8. The third-order valence-corrected chi connectivity index (χ3v) is 8.01. The third kappa shape index (κ3) is 5.85. The number of Topliss-reactive ketones (excluding diaryl/α,β-unsaturated/α-hetero) is 1. The number of thiazole rings is 1. The quantitative estimate of drug-likeness (QED) is 0.0838. The fraction of sp³-hybridized carbons (Fsp3) is 0.265. The summed E-state index contributed by atoms with van der Waals surface area (Å²) >= 11 is 1.33. The summed E-state index contributed by atoms with van der Waals surface area (Å²) in [6.45, 7) is 12.8. The van der Waals surface area contributed by atoms with Crippen molar-refractivity contribution in [1.29, 1.82) is 0 Å². The SMILES string of the molecule is C=CCOc1ccc(C2/C(=C(\O)c3ccc(OCCC)cc3)C(=O)C(=O)N2c2nc3c(C)cc(C)cc3s2)cc1OCC. The van der Waals surface area contributed by atoms with E-state index < -0.39 is 17.7 Å². The summed E-state index contributed by atoms with van der Waals surface area (Å²) < 4.78 is 18.2. The summed E-state index contributed by atoms with van der Waals surface area (Å²) in [6.07, 6.45) is 2.49. The monoisotopic (exact) mass is 598 g/mol. The summed E-state index contributed by atoms with van der Waals surface area (Å²) in [4.78, 5) is 33.7. The molecule has 222 valence electrons. The molecule has 1 fully saturated rings. The molecule has 1 aliphatic heterocycles. The molecule has 9 heteroatoms. The van der Waals surface area contributed by atoms with Crippen LogP contribution in [0.3, 0.4) is 0 Å². The lowest BCUT2D eigenvalue weighted by Crippen LogP contribution is -2.29. The third-order valence-electron chi connectivity index (χ3n) is 7.01. The van der Waals surface area contributed by atoms with E-state index in [9.17, 15) is 14.7 Å². The van der Waals surface area contributed by atoms with Crippen molar-refractivity contribution >= 4 is 44.1 Å². The Bertz CT molecular complexity index is 1720. The topological polar surface area (TPSA) is 98.2 Å². The molecule has 2 heterocycles. The van der Waals surface area contributed by atoms with E-state index in [2.05, 4.69) is 6.58 Å². The number of ether oxygens (including phenoxy) is 3. The van der Waals surface area contributed by atoms with Gasteiger partial charge in [-0.05, 0) is 86.3 Å². The average Bonchev–Trinajstić information content (AvgIpc) is 3.53. The van der Waals surface area contributed by atoms with Gasteiger partial charge < -0.3 is 19.3 Å². The van der Waals surface area contributed by atoms with E-state index in [0.717, 1.165) is 27.8 Å². The Morgan fingerprint density at radius 1 is 1.02 bits per heavy atom. The number of anilines is 1. The zero-order chi connectivity index (χ0) is 30.7. The van der Waals surface area contributed by atoms with E-state index in [0.29, 0.717) is 46.7 Å². The van der Waals surface area contributed by atoms with Crippen molar-refractivity contribution in [2.45, 2.75) is 40.2 Å². The van der Waals surface area contributed by atoms with Gasteiger partial charge in [0.25, 0.3) is 5.78 Å². The lowest BCUT2D eigenvalue weighted by Gasteiger charge is -2.24. The zero-order valence-electron chi connectivity index (χ0n) is 24.7. The molecular formula is C34H34N2O6S. The smallest absolute Gasteiger partial charge is 0.301 e. The molecule has 1 saturated heterocycles. The molecule has 0 aliphatic carbocycles. The van der Waals surface area contributed by atoms with Crippen LogP contribution in [0.1, 0.15) is 48.6 Å². The van der Waals surface area contributed by atoms with Gasteiger partial charge in [-0.2, -0.15) is 0 Å². The van der Waals surface area contributed by atoms with Gasteiger partial charge in [0.2, 0.25) is 0 Å². The van der Waals surface area contributed by atoms with E-state index in [1.807, 2.05) is 39.8 Å². The molecule has 3 aromatic carbocycles. The number of aliphatic hydroxyl groups excluding tert-OH is 1. The number of rotatable bonds is 11. The number of nitrogens with zero attached hydrogens (tertiary/aromatic N) is 2. The number of carbonyl (C=O) groups excluding carboxylic acids is 2. The van der Waals surface area contributed by atoms with E-state index in [-0.39, 0.29) is 17.9 Å². The number of benzene rings is 3.